The summed E-state index contributed by atoms with van der Waals surface area (Å²) < 4.78 is 31.1. The van der Waals surface area contributed by atoms with Gasteiger partial charge in [-0.15, -0.1) is 0 Å². The molecule has 2 rings (SSSR count). The molecule has 1 aromatic heterocycles. The summed E-state index contributed by atoms with van der Waals surface area (Å²) in [6.45, 7) is 0.252. The molecule has 1 atom stereocenters. The summed E-state index contributed by atoms with van der Waals surface area (Å²) >= 11 is 11.5. The fraction of sp³-hybridized carbons (Fsp3) is 0.500. The standard InChI is InChI=1S/C12H14Cl2N2O4S/c1-20-12(17)10-4-2-3-5-16(10)21(18,19)8-6-9(13)11(14)15-7-8/h6-7,10H,2-5H2,1H3. The molecule has 0 amide bonds. The average molecular weight is 353 g/mol. The first kappa shape index (κ1) is 16.5. The van der Waals surface area contributed by atoms with Crippen LogP contribution < -0.4 is 0 Å². The number of pyridine rings is 1. The highest BCUT2D eigenvalue weighted by Crippen LogP contribution is 2.28. The highest BCUT2D eigenvalue weighted by atomic mass is 35.5. The molecule has 1 aromatic rings. The highest BCUT2D eigenvalue weighted by molar-refractivity contribution is 7.89. The van der Waals surface area contributed by atoms with E-state index in [1.807, 2.05) is 0 Å². The van der Waals surface area contributed by atoms with Crippen LogP contribution >= 0.6 is 23.2 Å². The monoisotopic (exact) mass is 352 g/mol. The smallest absolute Gasteiger partial charge is 0.324 e. The summed E-state index contributed by atoms with van der Waals surface area (Å²) in [4.78, 5) is 15.4. The average Bonchev–Trinajstić information content (AvgIpc) is 2.49. The van der Waals surface area contributed by atoms with Gasteiger partial charge in [0, 0.05) is 12.7 Å². The van der Waals surface area contributed by atoms with Crippen molar-refractivity contribution in [1.29, 1.82) is 0 Å². The van der Waals surface area contributed by atoms with Gasteiger partial charge >= 0.3 is 5.97 Å². The molecule has 0 aliphatic carbocycles. The summed E-state index contributed by atoms with van der Waals surface area (Å²) in [6, 6.07) is 0.415. The van der Waals surface area contributed by atoms with E-state index in [1.54, 1.807) is 0 Å². The third-order valence-electron chi connectivity index (χ3n) is 3.30. The Bertz CT molecular complexity index is 651. The van der Waals surface area contributed by atoms with Gasteiger partial charge in [0.25, 0.3) is 0 Å². The number of hydrogen-bond acceptors (Lipinski definition) is 5. The van der Waals surface area contributed by atoms with Crippen molar-refractivity contribution in [2.45, 2.75) is 30.2 Å². The van der Waals surface area contributed by atoms with E-state index in [9.17, 15) is 13.2 Å². The number of ether oxygens (including phenoxy) is 1. The molecule has 0 aromatic carbocycles. The summed E-state index contributed by atoms with van der Waals surface area (Å²) in [7, 11) is -2.64. The highest BCUT2D eigenvalue weighted by Gasteiger charge is 2.38. The zero-order chi connectivity index (χ0) is 15.6. The number of hydrogen-bond donors (Lipinski definition) is 0. The normalized spacial score (nSPS) is 20.2. The maximum absolute atomic E-state index is 12.7. The number of sulfonamides is 1. The second kappa shape index (κ2) is 6.48. The number of methoxy groups -OCH3 is 1. The number of carbonyl (C=O) groups excluding carboxylic acids is 1. The van der Waals surface area contributed by atoms with Crippen LogP contribution in [0.3, 0.4) is 0 Å². The summed E-state index contributed by atoms with van der Waals surface area (Å²) in [6.07, 6.45) is 3.01. The molecule has 0 spiro atoms. The Hall–Kier alpha value is -0.890. The first-order chi connectivity index (χ1) is 9.87. The van der Waals surface area contributed by atoms with Crippen molar-refractivity contribution in [3.63, 3.8) is 0 Å². The van der Waals surface area contributed by atoms with Gasteiger partial charge in [0.2, 0.25) is 10.0 Å². The Kier molecular flexibility index (Phi) is 5.08. The number of nitrogens with zero attached hydrogens (tertiary/aromatic N) is 2. The lowest BCUT2D eigenvalue weighted by Crippen LogP contribution is -2.48. The molecular formula is C12H14Cl2N2O4S. The van der Waals surface area contributed by atoms with Crippen LogP contribution in [0.15, 0.2) is 17.2 Å². The minimum atomic E-state index is -3.88. The van der Waals surface area contributed by atoms with E-state index < -0.39 is 22.0 Å². The van der Waals surface area contributed by atoms with Crippen LogP contribution in [0.2, 0.25) is 10.2 Å². The minimum absolute atomic E-state index is 0.0266. The van der Waals surface area contributed by atoms with Crippen LogP contribution in [0.4, 0.5) is 0 Å². The quantitative estimate of drug-likeness (QED) is 0.614. The van der Waals surface area contributed by atoms with Gasteiger partial charge in [-0.05, 0) is 25.3 Å². The van der Waals surface area contributed by atoms with Gasteiger partial charge < -0.3 is 4.74 Å². The van der Waals surface area contributed by atoms with Gasteiger partial charge in [0.05, 0.1) is 12.1 Å². The molecule has 0 saturated carbocycles. The van der Waals surface area contributed by atoms with Gasteiger partial charge in [-0.3, -0.25) is 4.79 Å². The van der Waals surface area contributed by atoms with Crippen molar-refractivity contribution in [1.82, 2.24) is 9.29 Å². The fourth-order valence-corrected chi connectivity index (χ4v) is 4.20. The van der Waals surface area contributed by atoms with Crippen molar-refractivity contribution in [3.05, 3.63) is 22.4 Å². The van der Waals surface area contributed by atoms with Gasteiger partial charge in [0.1, 0.15) is 16.1 Å². The van der Waals surface area contributed by atoms with Crippen LogP contribution in [0.5, 0.6) is 0 Å². The lowest BCUT2D eigenvalue weighted by molar-refractivity contribution is -0.146. The summed E-state index contributed by atoms with van der Waals surface area (Å²) in [5, 5.41) is 0.0724. The Morgan fingerprint density at radius 3 is 2.76 bits per heavy atom. The minimum Gasteiger partial charge on any atom is -0.468 e. The first-order valence-corrected chi connectivity index (χ1v) is 8.48. The molecule has 21 heavy (non-hydrogen) atoms. The molecule has 1 unspecified atom stereocenters. The van der Waals surface area contributed by atoms with Crippen LogP contribution in [-0.2, 0) is 19.6 Å². The number of piperidine rings is 1. The molecule has 0 bridgehead atoms. The van der Waals surface area contributed by atoms with E-state index in [0.717, 1.165) is 16.9 Å². The largest absolute Gasteiger partial charge is 0.468 e. The van der Waals surface area contributed by atoms with E-state index in [-0.39, 0.29) is 21.6 Å². The van der Waals surface area contributed by atoms with Crippen LogP contribution in [0.25, 0.3) is 0 Å². The summed E-state index contributed by atoms with van der Waals surface area (Å²) in [5.74, 6) is -0.564. The van der Waals surface area contributed by atoms with Gasteiger partial charge in [-0.1, -0.05) is 23.2 Å². The molecule has 2 heterocycles. The maximum Gasteiger partial charge on any atom is 0.324 e. The maximum atomic E-state index is 12.7. The molecule has 9 heteroatoms. The second-order valence-corrected chi connectivity index (χ2v) is 7.25. The number of rotatable bonds is 3. The summed E-state index contributed by atoms with van der Waals surface area (Å²) in [5.41, 5.74) is 0. The zero-order valence-electron chi connectivity index (χ0n) is 11.3. The predicted molar refractivity (Wildman–Crippen MR) is 77.8 cm³/mol. The van der Waals surface area contributed by atoms with Gasteiger partial charge in [0.15, 0.2) is 0 Å². The molecule has 0 radical (unpaired) electrons. The Balaban J connectivity index is 2.40. The second-order valence-electron chi connectivity index (χ2n) is 4.59. The SMILES string of the molecule is COC(=O)C1CCCCN1S(=O)(=O)c1cnc(Cl)c(Cl)c1. The van der Waals surface area contributed by atoms with Gasteiger partial charge in [-0.25, -0.2) is 13.4 Å². The van der Waals surface area contributed by atoms with Crippen molar-refractivity contribution in [3.8, 4) is 0 Å². The van der Waals surface area contributed by atoms with E-state index in [2.05, 4.69) is 9.72 Å². The van der Waals surface area contributed by atoms with Crippen LogP contribution in [0, 0.1) is 0 Å². The van der Waals surface area contributed by atoms with Gasteiger partial charge in [-0.2, -0.15) is 4.31 Å². The Morgan fingerprint density at radius 2 is 2.14 bits per heavy atom. The molecule has 0 N–H and O–H groups in total. The van der Waals surface area contributed by atoms with Crippen molar-refractivity contribution < 1.29 is 17.9 Å². The molecule has 6 nitrogen and oxygen atoms in total. The molecular weight excluding hydrogens is 339 g/mol. The van der Waals surface area contributed by atoms with Crippen LogP contribution in [-0.4, -0.2) is 43.4 Å². The number of esters is 1. The molecule has 116 valence electrons. The lowest BCUT2D eigenvalue weighted by atomic mass is 10.1. The van der Waals surface area contributed by atoms with Crippen molar-refractivity contribution >= 4 is 39.2 Å². The Labute approximate surface area is 133 Å². The van der Waals surface area contributed by atoms with Crippen molar-refractivity contribution in [2.24, 2.45) is 0 Å². The molecule has 1 aliphatic rings. The van der Waals surface area contributed by atoms with E-state index in [0.29, 0.717) is 12.8 Å². The third-order valence-corrected chi connectivity index (χ3v) is 5.86. The lowest BCUT2D eigenvalue weighted by Gasteiger charge is -2.32. The number of halogens is 2. The number of carbonyl (C=O) groups is 1. The first-order valence-electron chi connectivity index (χ1n) is 6.28. The predicted octanol–water partition coefficient (Wildman–Crippen LogP) is 2.10. The molecule has 1 fully saturated rings. The van der Waals surface area contributed by atoms with Crippen molar-refractivity contribution in [2.75, 3.05) is 13.7 Å². The third kappa shape index (κ3) is 3.31. The van der Waals surface area contributed by atoms with E-state index >= 15 is 0 Å². The number of aromatic nitrogens is 1. The van der Waals surface area contributed by atoms with E-state index in [4.69, 9.17) is 23.2 Å². The topological polar surface area (TPSA) is 76.6 Å². The Morgan fingerprint density at radius 1 is 1.43 bits per heavy atom. The fourth-order valence-electron chi connectivity index (χ4n) is 2.24. The molecule has 1 aliphatic heterocycles. The molecule has 1 saturated heterocycles. The zero-order valence-corrected chi connectivity index (χ0v) is 13.6. The van der Waals surface area contributed by atoms with Crippen LogP contribution in [0.1, 0.15) is 19.3 Å². The van der Waals surface area contributed by atoms with E-state index in [1.165, 1.54) is 13.2 Å².